The summed E-state index contributed by atoms with van der Waals surface area (Å²) in [5.41, 5.74) is 0. The van der Waals surface area contributed by atoms with Crippen LogP contribution in [0.2, 0.25) is 0 Å². The van der Waals surface area contributed by atoms with Crippen LogP contribution in [-0.4, -0.2) is 24.4 Å². The molecule has 0 saturated carbocycles. The molecule has 0 aliphatic rings. The molecule has 0 fully saturated rings. The zero-order chi connectivity index (χ0) is 18.6. The third kappa shape index (κ3) is 11.6. The van der Waals surface area contributed by atoms with E-state index in [0.29, 0.717) is 6.42 Å². The maximum atomic E-state index is 12.2. The van der Waals surface area contributed by atoms with Crippen LogP contribution in [-0.2, 0) is 9.53 Å². The highest BCUT2D eigenvalue weighted by Crippen LogP contribution is 2.35. The van der Waals surface area contributed by atoms with E-state index in [0.717, 1.165) is 25.7 Å². The Balaban J connectivity index is 3.79. The fourth-order valence-corrected chi connectivity index (χ4v) is 2.27. The van der Waals surface area contributed by atoms with Gasteiger partial charge in [-0.2, -0.15) is 26.3 Å². The number of hydrogen-bond donors (Lipinski definition) is 0. The van der Waals surface area contributed by atoms with Crippen LogP contribution in [0.4, 0.5) is 26.3 Å². The zero-order valence-corrected chi connectivity index (χ0v) is 13.9. The number of alkyl halides is 6. The predicted molar refractivity (Wildman–Crippen MR) is 78.5 cm³/mol. The van der Waals surface area contributed by atoms with Gasteiger partial charge >= 0.3 is 18.3 Å². The summed E-state index contributed by atoms with van der Waals surface area (Å²) in [7, 11) is 0. The van der Waals surface area contributed by atoms with Gasteiger partial charge in [-0.15, -0.1) is 0 Å². The van der Waals surface area contributed by atoms with Crippen molar-refractivity contribution in [1.82, 2.24) is 0 Å². The van der Waals surface area contributed by atoms with E-state index in [4.69, 9.17) is 0 Å². The van der Waals surface area contributed by atoms with Crippen LogP contribution >= 0.6 is 0 Å². The van der Waals surface area contributed by atoms with E-state index in [1.165, 1.54) is 25.7 Å². The maximum Gasteiger partial charge on any atom is 0.434 e. The van der Waals surface area contributed by atoms with Crippen molar-refractivity contribution in [3.05, 3.63) is 0 Å². The van der Waals surface area contributed by atoms with Crippen LogP contribution in [0.3, 0.4) is 0 Å². The Morgan fingerprint density at radius 2 is 1.12 bits per heavy atom. The van der Waals surface area contributed by atoms with Crippen molar-refractivity contribution in [1.29, 1.82) is 0 Å². The second kappa shape index (κ2) is 11.6. The Morgan fingerprint density at radius 3 is 1.50 bits per heavy atom. The molecule has 144 valence electrons. The first-order valence-electron chi connectivity index (χ1n) is 8.42. The van der Waals surface area contributed by atoms with E-state index >= 15 is 0 Å². The van der Waals surface area contributed by atoms with Gasteiger partial charge in [0.05, 0.1) is 0 Å². The largest absolute Gasteiger partial charge is 0.443 e. The number of ether oxygens (including phenoxy) is 1. The zero-order valence-electron chi connectivity index (χ0n) is 13.9. The first kappa shape index (κ1) is 23.1. The molecule has 0 rings (SSSR count). The molecular formula is C16H26F6O2. The number of carbonyl (C=O) groups excluding carboxylic acids is 1. The average molecular weight is 364 g/mol. The van der Waals surface area contributed by atoms with Gasteiger partial charge in [0.2, 0.25) is 0 Å². The molecule has 0 saturated heterocycles. The third-order valence-corrected chi connectivity index (χ3v) is 3.58. The highest BCUT2D eigenvalue weighted by atomic mass is 19.4. The lowest BCUT2D eigenvalue weighted by molar-refractivity contribution is -0.313. The van der Waals surface area contributed by atoms with E-state index < -0.39 is 30.8 Å². The lowest BCUT2D eigenvalue weighted by Crippen LogP contribution is -2.45. The molecule has 0 aromatic rings. The summed E-state index contributed by atoms with van der Waals surface area (Å²) in [5, 5.41) is 0. The van der Waals surface area contributed by atoms with E-state index in [1.54, 1.807) is 0 Å². The van der Waals surface area contributed by atoms with Crippen molar-refractivity contribution in [2.75, 3.05) is 0 Å². The summed E-state index contributed by atoms with van der Waals surface area (Å²) in [4.78, 5) is 11.2. The van der Waals surface area contributed by atoms with Crippen LogP contribution < -0.4 is 0 Å². The number of carbonyl (C=O) groups is 1. The molecule has 0 bridgehead atoms. The standard InChI is InChI=1S/C16H26F6O2/c1-2-3-4-5-6-7-8-9-10-11-12-13(23)24-14(15(17,18)19)16(20,21)22/h14H,2-12H2,1H3. The molecule has 0 amide bonds. The van der Waals surface area contributed by atoms with Crippen molar-refractivity contribution < 1.29 is 35.9 Å². The molecule has 0 aliphatic heterocycles. The Kier molecular flexibility index (Phi) is 11.1. The summed E-state index contributed by atoms with van der Waals surface area (Å²) in [6.07, 6.45) is -6.21. The maximum absolute atomic E-state index is 12.2. The van der Waals surface area contributed by atoms with Gasteiger partial charge in [0.25, 0.3) is 6.10 Å². The summed E-state index contributed by atoms with van der Waals surface area (Å²) >= 11 is 0. The number of hydrogen-bond acceptors (Lipinski definition) is 2. The predicted octanol–water partition coefficient (Wildman–Crippen LogP) is 6.33. The van der Waals surface area contributed by atoms with E-state index in [9.17, 15) is 31.1 Å². The lowest BCUT2D eigenvalue weighted by atomic mass is 10.1. The molecule has 24 heavy (non-hydrogen) atoms. The first-order valence-corrected chi connectivity index (χ1v) is 8.42. The van der Waals surface area contributed by atoms with Gasteiger partial charge in [0, 0.05) is 6.42 Å². The molecule has 0 aliphatic carbocycles. The molecule has 0 N–H and O–H groups in total. The third-order valence-electron chi connectivity index (χ3n) is 3.58. The Hall–Kier alpha value is -0.950. The molecule has 8 heteroatoms. The van der Waals surface area contributed by atoms with Gasteiger partial charge in [-0.05, 0) is 6.42 Å². The van der Waals surface area contributed by atoms with E-state index in [1.807, 2.05) is 0 Å². The molecule has 0 aromatic heterocycles. The summed E-state index contributed by atoms with van der Waals surface area (Å²) in [5.74, 6) is -1.46. The van der Waals surface area contributed by atoms with Crippen LogP contribution in [0.25, 0.3) is 0 Å². The summed E-state index contributed by atoms with van der Waals surface area (Å²) < 4.78 is 76.9. The fraction of sp³-hybridized carbons (Fsp3) is 0.938. The van der Waals surface area contributed by atoms with Gasteiger partial charge in [-0.3, -0.25) is 4.79 Å². The first-order chi connectivity index (χ1) is 11.1. The topological polar surface area (TPSA) is 26.3 Å². The van der Waals surface area contributed by atoms with Gasteiger partial charge in [0.1, 0.15) is 0 Å². The Bertz CT molecular complexity index is 324. The molecular weight excluding hydrogens is 338 g/mol. The smallest absolute Gasteiger partial charge is 0.434 e. The Labute approximate surface area is 138 Å². The van der Waals surface area contributed by atoms with Crippen LogP contribution in [0.15, 0.2) is 0 Å². The van der Waals surface area contributed by atoms with Crippen LogP contribution in [0, 0.1) is 0 Å². The minimum Gasteiger partial charge on any atom is -0.443 e. The van der Waals surface area contributed by atoms with Crippen LogP contribution in [0.1, 0.15) is 77.6 Å². The fourth-order valence-electron chi connectivity index (χ4n) is 2.27. The SMILES string of the molecule is CCCCCCCCCCCCC(=O)OC(C(F)(F)F)C(F)(F)F. The number of rotatable bonds is 12. The minimum atomic E-state index is -5.65. The average Bonchev–Trinajstić information content (AvgIpc) is 2.44. The van der Waals surface area contributed by atoms with Gasteiger partial charge in [0.15, 0.2) is 0 Å². The molecule has 0 radical (unpaired) electrons. The van der Waals surface area contributed by atoms with E-state index in [2.05, 4.69) is 11.7 Å². The normalized spacial score (nSPS) is 12.7. The molecule has 0 spiro atoms. The summed E-state index contributed by atoms with van der Waals surface area (Å²) in [6.45, 7) is 2.14. The molecule has 0 aromatic carbocycles. The van der Waals surface area contributed by atoms with Crippen molar-refractivity contribution in [3.63, 3.8) is 0 Å². The number of unbranched alkanes of at least 4 members (excludes halogenated alkanes) is 9. The minimum absolute atomic E-state index is 0.233. The quantitative estimate of drug-likeness (QED) is 0.230. The highest BCUT2D eigenvalue weighted by molar-refractivity contribution is 5.69. The highest BCUT2D eigenvalue weighted by Gasteiger charge is 2.59. The monoisotopic (exact) mass is 364 g/mol. The van der Waals surface area contributed by atoms with Crippen molar-refractivity contribution in [2.24, 2.45) is 0 Å². The molecule has 0 heterocycles. The van der Waals surface area contributed by atoms with Gasteiger partial charge in [-0.1, -0.05) is 64.7 Å². The second-order valence-electron chi connectivity index (χ2n) is 5.89. The molecule has 0 unspecified atom stereocenters. The van der Waals surface area contributed by atoms with Crippen molar-refractivity contribution in [3.8, 4) is 0 Å². The second-order valence-corrected chi connectivity index (χ2v) is 5.89. The lowest BCUT2D eigenvalue weighted by Gasteiger charge is -2.22. The van der Waals surface area contributed by atoms with Gasteiger partial charge < -0.3 is 4.74 Å². The summed E-state index contributed by atoms with van der Waals surface area (Å²) in [6, 6.07) is 0. The van der Waals surface area contributed by atoms with Gasteiger partial charge in [-0.25, -0.2) is 0 Å². The van der Waals surface area contributed by atoms with Crippen molar-refractivity contribution >= 4 is 5.97 Å². The molecule has 0 atom stereocenters. The van der Waals surface area contributed by atoms with E-state index in [-0.39, 0.29) is 6.42 Å². The number of esters is 1. The number of halogens is 6. The molecule has 2 nitrogen and oxygen atoms in total. The van der Waals surface area contributed by atoms with Crippen LogP contribution in [0.5, 0.6) is 0 Å². The van der Waals surface area contributed by atoms with Crippen molar-refractivity contribution in [2.45, 2.75) is 96.0 Å². The Morgan fingerprint density at radius 1 is 0.750 bits per heavy atom.